The third-order valence-corrected chi connectivity index (χ3v) is 2.07. The molecule has 2 heterocycles. The number of likely N-dealkylation sites (N-methyl/N-ethyl adjacent to an activating group) is 1. The summed E-state index contributed by atoms with van der Waals surface area (Å²) in [6.07, 6.45) is 3.03. The minimum Gasteiger partial charge on any atom is -0.339 e. The lowest BCUT2D eigenvalue weighted by molar-refractivity contribution is -0.121. The summed E-state index contributed by atoms with van der Waals surface area (Å²) in [5.74, 6) is -0.0674. The van der Waals surface area contributed by atoms with Crippen LogP contribution < -0.4 is 5.32 Å². The van der Waals surface area contributed by atoms with Crippen molar-refractivity contribution in [2.45, 2.75) is 19.1 Å². The number of carbonyl (C=O) groups is 1. The largest absolute Gasteiger partial charge is 0.339 e. The van der Waals surface area contributed by atoms with Crippen LogP contribution in [0.25, 0.3) is 0 Å². The highest BCUT2D eigenvalue weighted by Gasteiger charge is 2.36. The molecule has 1 N–H and O–H groups in total. The molecule has 0 saturated heterocycles. The van der Waals surface area contributed by atoms with Gasteiger partial charge in [0.1, 0.15) is 0 Å². The Labute approximate surface area is 70.2 Å². The predicted octanol–water partition coefficient (Wildman–Crippen LogP) is -0.797. The van der Waals surface area contributed by atoms with Crippen molar-refractivity contribution in [1.82, 2.24) is 10.2 Å². The van der Waals surface area contributed by atoms with Gasteiger partial charge in [-0.25, -0.2) is 4.99 Å². The van der Waals surface area contributed by atoms with E-state index in [0.29, 0.717) is 0 Å². The van der Waals surface area contributed by atoms with Crippen molar-refractivity contribution in [3.8, 4) is 0 Å². The highest BCUT2D eigenvalue weighted by atomic mass is 16.2. The molecular formula is C7H10N4O. The van der Waals surface area contributed by atoms with Gasteiger partial charge in [-0.2, -0.15) is 0 Å². The molecule has 12 heavy (non-hydrogen) atoms. The lowest BCUT2D eigenvalue weighted by atomic mass is 10.2. The molecular weight excluding hydrogens is 156 g/mol. The second-order valence-electron chi connectivity index (χ2n) is 2.74. The Morgan fingerprint density at radius 3 is 3.25 bits per heavy atom. The summed E-state index contributed by atoms with van der Waals surface area (Å²) in [7, 11) is 0. The molecule has 2 atom stereocenters. The summed E-state index contributed by atoms with van der Waals surface area (Å²) in [6, 6.07) is -0.338. The topological polar surface area (TPSA) is 57.1 Å². The van der Waals surface area contributed by atoms with E-state index >= 15 is 0 Å². The molecule has 2 aliphatic heterocycles. The summed E-state index contributed by atoms with van der Waals surface area (Å²) < 4.78 is 0. The zero-order chi connectivity index (χ0) is 8.55. The molecule has 64 valence electrons. The maximum absolute atomic E-state index is 11.2. The molecule has 0 aromatic rings. The third kappa shape index (κ3) is 0.895. The van der Waals surface area contributed by atoms with E-state index in [2.05, 4.69) is 15.3 Å². The van der Waals surface area contributed by atoms with Gasteiger partial charge in [0.25, 0.3) is 5.91 Å². The van der Waals surface area contributed by atoms with Gasteiger partial charge in [-0.15, -0.1) is 0 Å². The molecule has 0 spiro atoms. The molecule has 0 radical (unpaired) electrons. The number of rotatable bonds is 1. The molecule has 2 unspecified atom stereocenters. The van der Waals surface area contributed by atoms with Crippen LogP contribution in [-0.4, -0.2) is 42.2 Å². The highest BCUT2D eigenvalue weighted by Crippen LogP contribution is 2.16. The fourth-order valence-corrected chi connectivity index (χ4v) is 1.39. The SMILES string of the molecule is CCN1C=NC2C(=O)NC=NC21. The molecule has 5 heteroatoms. The number of fused-ring (bicyclic) bond motifs is 1. The zero-order valence-electron chi connectivity index (χ0n) is 6.77. The van der Waals surface area contributed by atoms with Crippen LogP contribution in [-0.2, 0) is 4.79 Å². The molecule has 1 amide bonds. The Balaban J connectivity index is 2.23. The fraction of sp³-hybridized carbons (Fsp3) is 0.571. The minimum atomic E-state index is -0.338. The summed E-state index contributed by atoms with van der Waals surface area (Å²) in [4.78, 5) is 21.3. The number of hydrogen-bond acceptors (Lipinski definition) is 4. The summed E-state index contributed by atoms with van der Waals surface area (Å²) in [6.45, 7) is 2.84. The van der Waals surface area contributed by atoms with Crippen molar-refractivity contribution < 1.29 is 4.79 Å². The molecule has 0 aromatic heterocycles. The Morgan fingerprint density at radius 1 is 1.67 bits per heavy atom. The molecule has 0 fully saturated rings. The van der Waals surface area contributed by atoms with E-state index in [1.807, 2.05) is 11.8 Å². The lowest BCUT2D eigenvalue weighted by Crippen LogP contribution is -2.47. The van der Waals surface area contributed by atoms with Crippen molar-refractivity contribution >= 4 is 18.6 Å². The van der Waals surface area contributed by atoms with E-state index < -0.39 is 0 Å². The van der Waals surface area contributed by atoms with Gasteiger partial charge in [0.05, 0.1) is 12.7 Å². The normalized spacial score (nSPS) is 32.1. The van der Waals surface area contributed by atoms with Gasteiger partial charge in [-0.1, -0.05) is 0 Å². The average Bonchev–Trinajstić information content (AvgIpc) is 2.49. The van der Waals surface area contributed by atoms with Gasteiger partial charge in [-0.3, -0.25) is 9.79 Å². The number of aliphatic imine (C=N–C) groups is 2. The number of nitrogens with one attached hydrogen (secondary N) is 1. The van der Waals surface area contributed by atoms with E-state index in [1.165, 1.54) is 6.34 Å². The third-order valence-electron chi connectivity index (χ3n) is 2.07. The molecule has 0 aliphatic carbocycles. The number of carbonyl (C=O) groups excluding carboxylic acids is 1. The molecule has 0 bridgehead atoms. The first-order valence-corrected chi connectivity index (χ1v) is 3.94. The number of amides is 1. The predicted molar refractivity (Wildman–Crippen MR) is 45.1 cm³/mol. The van der Waals surface area contributed by atoms with Crippen LogP contribution in [0.2, 0.25) is 0 Å². The van der Waals surface area contributed by atoms with Gasteiger partial charge in [-0.05, 0) is 6.92 Å². The van der Waals surface area contributed by atoms with Gasteiger partial charge >= 0.3 is 0 Å². The van der Waals surface area contributed by atoms with E-state index in [0.717, 1.165) is 6.54 Å². The Hall–Kier alpha value is -1.39. The molecule has 5 nitrogen and oxygen atoms in total. The van der Waals surface area contributed by atoms with Crippen LogP contribution in [0.1, 0.15) is 6.92 Å². The van der Waals surface area contributed by atoms with Crippen molar-refractivity contribution in [2.24, 2.45) is 9.98 Å². The Bertz CT molecular complexity index is 260. The van der Waals surface area contributed by atoms with Crippen LogP contribution in [0.4, 0.5) is 0 Å². The van der Waals surface area contributed by atoms with Gasteiger partial charge in [0, 0.05) is 6.54 Å². The van der Waals surface area contributed by atoms with Crippen molar-refractivity contribution in [3.63, 3.8) is 0 Å². The number of hydrogen-bond donors (Lipinski definition) is 1. The molecule has 2 aliphatic rings. The van der Waals surface area contributed by atoms with Crippen LogP contribution in [0.5, 0.6) is 0 Å². The summed E-state index contributed by atoms with van der Waals surface area (Å²) in [5, 5.41) is 2.53. The van der Waals surface area contributed by atoms with E-state index in [1.54, 1.807) is 6.34 Å². The van der Waals surface area contributed by atoms with E-state index in [-0.39, 0.29) is 18.1 Å². The Morgan fingerprint density at radius 2 is 2.50 bits per heavy atom. The Kier molecular flexibility index (Phi) is 1.56. The van der Waals surface area contributed by atoms with Gasteiger partial charge in [0.2, 0.25) is 0 Å². The van der Waals surface area contributed by atoms with E-state index in [9.17, 15) is 4.79 Å². The van der Waals surface area contributed by atoms with Crippen LogP contribution in [0, 0.1) is 0 Å². The second-order valence-corrected chi connectivity index (χ2v) is 2.74. The second kappa shape index (κ2) is 2.58. The van der Waals surface area contributed by atoms with Crippen molar-refractivity contribution in [3.05, 3.63) is 0 Å². The maximum Gasteiger partial charge on any atom is 0.254 e. The van der Waals surface area contributed by atoms with Crippen LogP contribution in [0.15, 0.2) is 9.98 Å². The molecule has 0 aromatic carbocycles. The first-order valence-electron chi connectivity index (χ1n) is 3.94. The van der Waals surface area contributed by atoms with E-state index in [4.69, 9.17) is 0 Å². The molecule has 2 rings (SSSR count). The monoisotopic (exact) mass is 166 g/mol. The average molecular weight is 166 g/mol. The quantitative estimate of drug-likeness (QED) is 0.554. The molecule has 0 saturated carbocycles. The van der Waals surface area contributed by atoms with Gasteiger partial charge < -0.3 is 10.2 Å². The lowest BCUT2D eigenvalue weighted by Gasteiger charge is -2.24. The first-order chi connectivity index (χ1) is 5.83. The summed E-state index contributed by atoms with van der Waals surface area (Å²) >= 11 is 0. The highest BCUT2D eigenvalue weighted by molar-refractivity contribution is 5.95. The van der Waals surface area contributed by atoms with Crippen LogP contribution in [0.3, 0.4) is 0 Å². The standard InChI is InChI=1S/C7H10N4O/c1-2-11-4-10-5-6(11)8-3-9-7(5)12/h3-6H,2H2,1H3,(H,8,9,12). The van der Waals surface area contributed by atoms with Crippen molar-refractivity contribution in [1.29, 1.82) is 0 Å². The zero-order valence-corrected chi connectivity index (χ0v) is 6.77. The van der Waals surface area contributed by atoms with Gasteiger partial charge in [0.15, 0.2) is 12.2 Å². The van der Waals surface area contributed by atoms with Crippen LogP contribution >= 0.6 is 0 Å². The first kappa shape index (κ1) is 7.27. The minimum absolute atomic E-state index is 0.0674. The smallest absolute Gasteiger partial charge is 0.254 e. The number of nitrogens with zero attached hydrogens (tertiary/aromatic N) is 3. The van der Waals surface area contributed by atoms with Crippen molar-refractivity contribution in [2.75, 3.05) is 6.54 Å². The maximum atomic E-state index is 11.2. The fourth-order valence-electron chi connectivity index (χ4n) is 1.39. The summed E-state index contributed by atoms with van der Waals surface area (Å²) in [5.41, 5.74) is 0.